The van der Waals surface area contributed by atoms with E-state index in [1.54, 1.807) is 20.3 Å². The number of ether oxygens (including phenoxy) is 2. The number of methoxy groups -OCH3 is 2. The van der Waals surface area contributed by atoms with Crippen LogP contribution >= 0.6 is 0 Å². The summed E-state index contributed by atoms with van der Waals surface area (Å²) in [7, 11) is 3.20. The van der Waals surface area contributed by atoms with Crippen LogP contribution in [0.4, 0.5) is 11.5 Å². The van der Waals surface area contributed by atoms with Crippen LogP contribution in [0.5, 0.6) is 11.5 Å². The van der Waals surface area contributed by atoms with Gasteiger partial charge in [-0.25, -0.2) is 4.98 Å². The summed E-state index contributed by atoms with van der Waals surface area (Å²) >= 11 is 0. The Morgan fingerprint density at radius 2 is 2.12 bits per heavy atom. The summed E-state index contributed by atoms with van der Waals surface area (Å²) in [5, 5.41) is 20.2. The molecule has 1 aliphatic rings. The largest absolute Gasteiger partial charge is 0.497 e. The minimum Gasteiger partial charge on any atom is -0.497 e. The first-order valence-electron chi connectivity index (χ1n) is 8.13. The van der Waals surface area contributed by atoms with Gasteiger partial charge in [0, 0.05) is 24.2 Å². The van der Waals surface area contributed by atoms with E-state index in [0.29, 0.717) is 17.3 Å². The van der Waals surface area contributed by atoms with Crippen LogP contribution in [0.15, 0.2) is 30.3 Å². The van der Waals surface area contributed by atoms with Gasteiger partial charge in [-0.3, -0.25) is 10.1 Å². The van der Waals surface area contributed by atoms with Crippen LogP contribution in [0.3, 0.4) is 0 Å². The Hall–Kier alpha value is -3.34. The number of benzene rings is 1. The molecular formula is C18H18N4O4. The minimum atomic E-state index is -0.594. The summed E-state index contributed by atoms with van der Waals surface area (Å²) < 4.78 is 10.8. The average molecular weight is 354 g/mol. The zero-order valence-electron chi connectivity index (χ0n) is 14.5. The van der Waals surface area contributed by atoms with Crippen molar-refractivity contribution in [2.45, 2.75) is 18.9 Å². The fraction of sp³-hybridized carbons (Fsp3) is 0.333. The molecule has 0 saturated carbocycles. The van der Waals surface area contributed by atoms with Gasteiger partial charge >= 0.3 is 5.69 Å². The van der Waals surface area contributed by atoms with E-state index in [0.717, 1.165) is 24.9 Å². The SMILES string of the molecule is COc1ccc(C2CCCN2c2ccc([N+](=O)[O-])c(C#N)n2)c(OC)c1. The zero-order valence-corrected chi connectivity index (χ0v) is 14.5. The number of hydrogen-bond donors (Lipinski definition) is 0. The summed E-state index contributed by atoms with van der Waals surface area (Å²) in [6.07, 6.45) is 1.84. The highest BCUT2D eigenvalue weighted by atomic mass is 16.6. The van der Waals surface area contributed by atoms with Crippen LogP contribution < -0.4 is 14.4 Å². The van der Waals surface area contributed by atoms with Crippen molar-refractivity contribution in [3.8, 4) is 17.6 Å². The van der Waals surface area contributed by atoms with E-state index in [1.807, 2.05) is 24.3 Å². The summed E-state index contributed by atoms with van der Waals surface area (Å²) in [5.41, 5.74) is 0.526. The fourth-order valence-corrected chi connectivity index (χ4v) is 3.29. The molecule has 1 unspecified atom stereocenters. The Balaban J connectivity index is 1.99. The fourth-order valence-electron chi connectivity index (χ4n) is 3.29. The van der Waals surface area contributed by atoms with Gasteiger partial charge in [0.15, 0.2) is 0 Å². The lowest BCUT2D eigenvalue weighted by molar-refractivity contribution is -0.385. The number of pyridine rings is 1. The van der Waals surface area contributed by atoms with E-state index in [2.05, 4.69) is 9.88 Å². The molecule has 0 N–H and O–H groups in total. The van der Waals surface area contributed by atoms with E-state index in [4.69, 9.17) is 9.47 Å². The van der Waals surface area contributed by atoms with Crippen molar-refractivity contribution < 1.29 is 14.4 Å². The summed E-state index contributed by atoms with van der Waals surface area (Å²) in [4.78, 5) is 16.7. The second-order valence-corrected chi connectivity index (χ2v) is 5.87. The molecule has 1 aromatic carbocycles. The maximum atomic E-state index is 11.0. The molecule has 1 aliphatic heterocycles. The van der Waals surface area contributed by atoms with Crippen LogP contribution in [0.1, 0.15) is 30.1 Å². The lowest BCUT2D eigenvalue weighted by Crippen LogP contribution is -2.24. The Morgan fingerprint density at radius 3 is 2.77 bits per heavy atom. The Kier molecular flexibility index (Phi) is 4.89. The molecule has 0 radical (unpaired) electrons. The zero-order chi connectivity index (χ0) is 18.7. The predicted octanol–water partition coefficient (Wildman–Crippen LogP) is 3.22. The van der Waals surface area contributed by atoms with Crippen LogP contribution in [0.2, 0.25) is 0 Å². The highest BCUT2D eigenvalue weighted by molar-refractivity contribution is 5.55. The molecule has 2 aromatic rings. The predicted molar refractivity (Wildman–Crippen MR) is 94.5 cm³/mol. The van der Waals surface area contributed by atoms with Crippen molar-refractivity contribution in [2.24, 2.45) is 0 Å². The topological polar surface area (TPSA) is 102 Å². The van der Waals surface area contributed by atoms with Gasteiger partial charge in [-0.1, -0.05) is 0 Å². The maximum absolute atomic E-state index is 11.0. The van der Waals surface area contributed by atoms with Gasteiger partial charge in [0.25, 0.3) is 0 Å². The van der Waals surface area contributed by atoms with Crippen molar-refractivity contribution in [3.05, 3.63) is 51.7 Å². The molecule has 134 valence electrons. The smallest absolute Gasteiger partial charge is 0.305 e. The molecule has 26 heavy (non-hydrogen) atoms. The molecule has 0 bridgehead atoms. The number of nitrogens with zero attached hydrogens (tertiary/aromatic N) is 4. The molecule has 8 nitrogen and oxygen atoms in total. The van der Waals surface area contributed by atoms with Crippen LogP contribution in [-0.2, 0) is 0 Å². The normalized spacial score (nSPS) is 16.2. The van der Waals surface area contributed by atoms with Gasteiger partial charge in [-0.15, -0.1) is 0 Å². The Labute approximate surface area is 150 Å². The second-order valence-electron chi connectivity index (χ2n) is 5.87. The molecule has 1 atom stereocenters. The molecule has 0 aliphatic carbocycles. The first-order chi connectivity index (χ1) is 12.6. The molecule has 1 saturated heterocycles. The molecule has 0 amide bonds. The molecule has 8 heteroatoms. The third-order valence-electron chi connectivity index (χ3n) is 4.51. The van der Waals surface area contributed by atoms with Gasteiger partial charge in [0.05, 0.1) is 25.2 Å². The van der Waals surface area contributed by atoms with Gasteiger partial charge in [0.2, 0.25) is 5.69 Å². The van der Waals surface area contributed by atoms with Gasteiger partial charge < -0.3 is 14.4 Å². The average Bonchev–Trinajstić information content (AvgIpc) is 3.16. The molecule has 1 fully saturated rings. The van der Waals surface area contributed by atoms with Crippen LogP contribution in [0, 0.1) is 21.4 Å². The van der Waals surface area contributed by atoms with E-state index < -0.39 is 4.92 Å². The van der Waals surface area contributed by atoms with Crippen LogP contribution in [-0.4, -0.2) is 30.7 Å². The summed E-state index contributed by atoms with van der Waals surface area (Å²) in [6, 6.07) is 10.4. The molecule has 1 aromatic heterocycles. The third kappa shape index (κ3) is 3.11. The Bertz CT molecular complexity index is 878. The highest BCUT2D eigenvalue weighted by Crippen LogP contribution is 2.41. The Morgan fingerprint density at radius 1 is 1.31 bits per heavy atom. The van der Waals surface area contributed by atoms with Crippen molar-refractivity contribution in [1.82, 2.24) is 4.98 Å². The number of rotatable bonds is 5. The first kappa shape index (κ1) is 17.5. The molecule has 0 spiro atoms. The lowest BCUT2D eigenvalue weighted by atomic mass is 10.0. The summed E-state index contributed by atoms with van der Waals surface area (Å²) in [5.74, 6) is 1.96. The second kappa shape index (κ2) is 7.27. The van der Waals surface area contributed by atoms with E-state index >= 15 is 0 Å². The van der Waals surface area contributed by atoms with Crippen molar-refractivity contribution >= 4 is 11.5 Å². The number of nitro groups is 1. The van der Waals surface area contributed by atoms with E-state index in [-0.39, 0.29) is 17.4 Å². The molecule has 2 heterocycles. The van der Waals surface area contributed by atoms with Gasteiger partial charge in [-0.05, 0) is 31.0 Å². The monoisotopic (exact) mass is 354 g/mol. The number of nitriles is 1. The van der Waals surface area contributed by atoms with E-state index in [9.17, 15) is 15.4 Å². The van der Waals surface area contributed by atoms with Crippen molar-refractivity contribution in [3.63, 3.8) is 0 Å². The highest BCUT2D eigenvalue weighted by Gasteiger charge is 2.30. The standard InChI is InChI=1S/C18H18N4O4/c1-25-12-5-6-13(17(10-12)26-2)15-4-3-9-21(15)18-8-7-16(22(23)24)14(11-19)20-18/h5-8,10,15H,3-4,9H2,1-2H3. The van der Waals surface area contributed by atoms with Gasteiger partial charge in [0.1, 0.15) is 23.4 Å². The maximum Gasteiger partial charge on any atom is 0.305 e. The number of anilines is 1. The van der Waals surface area contributed by atoms with Crippen LogP contribution in [0.25, 0.3) is 0 Å². The lowest BCUT2D eigenvalue weighted by Gasteiger charge is -2.27. The molecular weight excluding hydrogens is 336 g/mol. The van der Waals surface area contributed by atoms with Crippen molar-refractivity contribution in [2.75, 3.05) is 25.7 Å². The number of aromatic nitrogens is 1. The molecule has 3 rings (SSSR count). The first-order valence-corrected chi connectivity index (χ1v) is 8.13. The minimum absolute atomic E-state index is 0.0105. The third-order valence-corrected chi connectivity index (χ3v) is 4.51. The van der Waals surface area contributed by atoms with Crippen molar-refractivity contribution in [1.29, 1.82) is 5.26 Å². The van der Waals surface area contributed by atoms with E-state index in [1.165, 1.54) is 6.07 Å². The quantitative estimate of drug-likeness (QED) is 0.600. The number of hydrogen-bond acceptors (Lipinski definition) is 7. The summed E-state index contributed by atoms with van der Waals surface area (Å²) in [6.45, 7) is 0.746. The van der Waals surface area contributed by atoms with Gasteiger partial charge in [-0.2, -0.15) is 5.26 Å².